The summed E-state index contributed by atoms with van der Waals surface area (Å²) in [7, 11) is 0. The minimum Gasteiger partial charge on any atom is -0.493 e. The molecule has 3 heterocycles. The number of carbonyl (C=O) groups is 1. The summed E-state index contributed by atoms with van der Waals surface area (Å²) in [6.07, 6.45) is 2.40. The highest BCUT2D eigenvalue weighted by Crippen LogP contribution is 2.46. The lowest BCUT2D eigenvalue weighted by atomic mass is 10.0. The average molecular weight is 451 g/mol. The first kappa shape index (κ1) is 18.4. The van der Waals surface area contributed by atoms with E-state index in [1.165, 1.54) is 23.7 Å². The molecule has 0 aliphatic carbocycles. The van der Waals surface area contributed by atoms with Crippen molar-refractivity contribution in [2.24, 2.45) is 0 Å². The Bertz CT molecular complexity index is 914. The van der Waals surface area contributed by atoms with Gasteiger partial charge in [0, 0.05) is 28.3 Å². The fraction of sp³-hybridized carbons (Fsp3) is 0.389. The first-order valence-corrected chi connectivity index (χ1v) is 10.2. The van der Waals surface area contributed by atoms with Crippen molar-refractivity contribution < 1.29 is 14.3 Å². The lowest BCUT2D eigenvalue weighted by molar-refractivity contribution is -0.142. The topological polar surface area (TPSA) is 69.5 Å². The molecule has 0 amide bonds. The van der Waals surface area contributed by atoms with Crippen molar-refractivity contribution in [1.29, 1.82) is 0 Å². The largest absolute Gasteiger partial charge is 0.493 e. The maximum absolute atomic E-state index is 11.1. The van der Waals surface area contributed by atoms with E-state index in [2.05, 4.69) is 36.4 Å². The second-order valence-corrected chi connectivity index (χ2v) is 8.46. The molecule has 1 unspecified atom stereocenters. The number of carbonyl (C=O) groups excluding carboxylic acids is 1. The highest BCUT2D eigenvalue weighted by molar-refractivity contribution is 9.10. The molecule has 2 aliphatic rings. The molecule has 0 saturated heterocycles. The molecule has 9 heteroatoms. The minimum atomic E-state index is -0.296. The van der Waals surface area contributed by atoms with Gasteiger partial charge >= 0.3 is 5.97 Å². The molecule has 27 heavy (non-hydrogen) atoms. The number of hydrogen-bond acceptors (Lipinski definition) is 7. The van der Waals surface area contributed by atoms with Gasteiger partial charge < -0.3 is 9.47 Å². The number of ether oxygens (including phenoxy) is 2. The van der Waals surface area contributed by atoms with Crippen molar-refractivity contribution in [3.8, 4) is 5.75 Å². The van der Waals surface area contributed by atoms with Crippen LogP contribution >= 0.6 is 27.9 Å². The van der Waals surface area contributed by atoms with Crippen LogP contribution in [0.25, 0.3) is 5.57 Å². The Kier molecular flexibility index (Phi) is 5.14. The number of fused-ring (bicyclic) bond motifs is 2. The lowest BCUT2D eigenvalue weighted by Crippen LogP contribution is -2.22. The van der Waals surface area contributed by atoms with Crippen molar-refractivity contribution in [3.63, 3.8) is 0 Å². The fourth-order valence-corrected chi connectivity index (χ4v) is 4.63. The van der Waals surface area contributed by atoms with Gasteiger partial charge in [0.25, 0.3) is 0 Å². The van der Waals surface area contributed by atoms with Gasteiger partial charge in [-0.2, -0.15) is 10.1 Å². The molecular weight excluding hydrogens is 432 g/mol. The Morgan fingerprint density at radius 3 is 3.15 bits per heavy atom. The summed E-state index contributed by atoms with van der Waals surface area (Å²) in [5.41, 5.74) is 2.39. The van der Waals surface area contributed by atoms with Gasteiger partial charge in [-0.3, -0.25) is 9.10 Å². The monoisotopic (exact) mass is 450 g/mol. The van der Waals surface area contributed by atoms with Crippen molar-refractivity contribution in [3.05, 3.63) is 39.5 Å². The van der Waals surface area contributed by atoms with Gasteiger partial charge in [-0.1, -0.05) is 15.9 Å². The van der Waals surface area contributed by atoms with Crippen LogP contribution in [0.3, 0.4) is 0 Å². The molecule has 1 aromatic carbocycles. The van der Waals surface area contributed by atoms with Crippen LogP contribution < -0.4 is 9.04 Å². The third kappa shape index (κ3) is 3.70. The molecule has 0 bridgehead atoms. The quantitative estimate of drug-likeness (QED) is 0.517. The predicted molar refractivity (Wildman–Crippen MR) is 107 cm³/mol. The zero-order chi connectivity index (χ0) is 19.0. The van der Waals surface area contributed by atoms with Crippen LogP contribution in [0, 0.1) is 0 Å². The Balaban J connectivity index is 1.58. The second-order valence-electron chi connectivity index (χ2n) is 6.42. The summed E-state index contributed by atoms with van der Waals surface area (Å²) in [4.78, 5) is 16.8. The summed E-state index contributed by atoms with van der Waals surface area (Å²) < 4.78 is 16.0. The number of rotatable bonds is 4. The maximum atomic E-state index is 11.1. The number of hydrogen-bond donors (Lipinski definition) is 0. The number of nitrogens with zero attached hydrogens (tertiary/aromatic N) is 4. The zero-order valence-electron chi connectivity index (χ0n) is 15.0. The first-order chi connectivity index (χ1) is 13.0. The van der Waals surface area contributed by atoms with Crippen LogP contribution in [-0.2, 0) is 9.53 Å². The van der Waals surface area contributed by atoms with Crippen LogP contribution in [0.2, 0.25) is 0 Å². The van der Waals surface area contributed by atoms with Gasteiger partial charge in [0.2, 0.25) is 5.95 Å². The van der Waals surface area contributed by atoms with E-state index in [0.29, 0.717) is 6.61 Å². The normalized spacial score (nSPS) is 17.1. The minimum absolute atomic E-state index is 0.0982. The maximum Gasteiger partial charge on any atom is 0.302 e. The van der Waals surface area contributed by atoms with Crippen LogP contribution in [0.4, 0.5) is 5.95 Å². The van der Waals surface area contributed by atoms with Crippen molar-refractivity contribution in [1.82, 2.24) is 14.8 Å². The summed E-state index contributed by atoms with van der Waals surface area (Å²) >= 11 is 5.19. The highest BCUT2D eigenvalue weighted by atomic mass is 79.9. The van der Waals surface area contributed by atoms with Crippen molar-refractivity contribution in [2.75, 3.05) is 24.1 Å². The van der Waals surface area contributed by atoms with E-state index in [0.717, 1.165) is 34.7 Å². The number of benzene rings is 1. The molecule has 1 aromatic heterocycles. The Morgan fingerprint density at radius 2 is 2.33 bits per heavy atom. The molecule has 4 rings (SSSR count). The molecule has 2 aromatic rings. The molecule has 0 fully saturated rings. The van der Waals surface area contributed by atoms with Gasteiger partial charge in [0.05, 0.1) is 19.2 Å². The summed E-state index contributed by atoms with van der Waals surface area (Å²) in [5.74, 6) is 1.36. The second kappa shape index (κ2) is 7.55. The van der Waals surface area contributed by atoms with Crippen LogP contribution in [0.15, 0.2) is 33.9 Å². The molecule has 142 valence electrons. The molecule has 0 saturated carbocycles. The Labute approximate surface area is 170 Å². The van der Waals surface area contributed by atoms with Crippen molar-refractivity contribution in [2.45, 2.75) is 26.3 Å². The van der Waals surface area contributed by atoms with Crippen LogP contribution in [-0.4, -0.2) is 40.5 Å². The predicted octanol–water partition coefficient (Wildman–Crippen LogP) is 3.83. The van der Waals surface area contributed by atoms with Crippen LogP contribution in [0.5, 0.6) is 5.75 Å². The lowest BCUT2D eigenvalue weighted by Gasteiger charge is -2.21. The van der Waals surface area contributed by atoms with Crippen molar-refractivity contribution >= 4 is 45.4 Å². The molecular formula is C18H19BrN4O3S. The number of anilines is 1. The van der Waals surface area contributed by atoms with E-state index in [-0.39, 0.29) is 18.6 Å². The molecule has 1 atom stereocenters. The number of aromatic nitrogens is 3. The van der Waals surface area contributed by atoms with E-state index in [9.17, 15) is 4.79 Å². The number of esters is 1. The molecule has 7 nitrogen and oxygen atoms in total. The SMILES string of the molecule is CC(=O)OCC(C)n1ncnc1N1CC2=C(CCOc3cc(Br)ccc32)S1. The van der Waals surface area contributed by atoms with Crippen LogP contribution in [0.1, 0.15) is 31.9 Å². The van der Waals surface area contributed by atoms with E-state index < -0.39 is 0 Å². The number of halogens is 1. The zero-order valence-corrected chi connectivity index (χ0v) is 17.4. The van der Waals surface area contributed by atoms with E-state index in [1.54, 1.807) is 16.6 Å². The van der Waals surface area contributed by atoms with Gasteiger partial charge in [0.1, 0.15) is 18.7 Å². The van der Waals surface area contributed by atoms with E-state index in [1.807, 2.05) is 19.1 Å². The molecule has 2 aliphatic heterocycles. The van der Waals surface area contributed by atoms with E-state index in [4.69, 9.17) is 9.47 Å². The summed E-state index contributed by atoms with van der Waals surface area (Å²) in [5, 5.41) is 4.34. The third-order valence-electron chi connectivity index (χ3n) is 4.44. The first-order valence-electron chi connectivity index (χ1n) is 8.66. The Morgan fingerprint density at radius 1 is 1.48 bits per heavy atom. The molecule has 0 spiro atoms. The molecule has 0 radical (unpaired) electrons. The van der Waals surface area contributed by atoms with E-state index >= 15 is 0 Å². The van der Waals surface area contributed by atoms with Gasteiger partial charge in [-0.25, -0.2) is 4.68 Å². The molecule has 0 N–H and O–H groups in total. The van der Waals surface area contributed by atoms with Gasteiger partial charge in [-0.05, 0) is 42.6 Å². The smallest absolute Gasteiger partial charge is 0.302 e. The van der Waals surface area contributed by atoms with Gasteiger partial charge in [-0.15, -0.1) is 0 Å². The third-order valence-corrected chi connectivity index (χ3v) is 6.11. The Hall–Kier alpha value is -2.00. The van der Waals surface area contributed by atoms with Gasteiger partial charge in [0.15, 0.2) is 0 Å². The summed E-state index contributed by atoms with van der Waals surface area (Å²) in [6.45, 7) is 5.00. The fourth-order valence-electron chi connectivity index (χ4n) is 3.16. The summed E-state index contributed by atoms with van der Waals surface area (Å²) in [6, 6.07) is 6.05. The highest BCUT2D eigenvalue weighted by Gasteiger charge is 2.31. The standard InChI is InChI=1S/C18H19BrN4O3S/c1-11(9-26-12(2)24)23-18(20-10-21-23)22-8-15-14-4-3-13(19)7-16(14)25-6-5-17(15)27-22/h3-4,7,10-11H,5-6,8-9H2,1-2H3. The average Bonchev–Trinajstić information content (AvgIpc) is 3.24.